The Hall–Kier alpha value is -0.645. The summed E-state index contributed by atoms with van der Waals surface area (Å²) in [6.07, 6.45) is 1.09. The molecule has 0 atom stereocenters. The Bertz CT molecular complexity index is 271. The van der Waals surface area contributed by atoms with Gasteiger partial charge in [0.25, 0.3) is 0 Å². The van der Waals surface area contributed by atoms with Gasteiger partial charge in [0.15, 0.2) is 11.0 Å². The summed E-state index contributed by atoms with van der Waals surface area (Å²) in [7, 11) is -1.71. The van der Waals surface area contributed by atoms with E-state index in [4.69, 9.17) is 21.6 Å². The molecule has 3 nitrogen and oxygen atoms in total. The number of aromatic nitrogens is 1. The van der Waals surface area contributed by atoms with Gasteiger partial charge in [0, 0.05) is 11.7 Å². The van der Waals surface area contributed by atoms with Gasteiger partial charge in [-0.15, -0.1) is 0 Å². The molecule has 0 amide bonds. The van der Waals surface area contributed by atoms with E-state index in [9.17, 15) is 4.39 Å². The molecule has 58 valence electrons. The van der Waals surface area contributed by atoms with Crippen molar-refractivity contribution in [1.82, 2.24) is 4.98 Å². The Kier molecular flexibility index (Phi) is 2.43. The first-order valence-corrected chi connectivity index (χ1v) is 3.16. The average Bonchev–Trinajstić information content (AvgIpc) is 1.94. The van der Waals surface area contributed by atoms with Crippen LogP contribution in [-0.2, 0) is 0 Å². The maximum Gasteiger partial charge on any atom is 0.490 e. The molecule has 0 aliphatic carbocycles. The van der Waals surface area contributed by atoms with E-state index in [2.05, 4.69) is 4.98 Å². The molecule has 0 aliphatic heterocycles. The summed E-state index contributed by atoms with van der Waals surface area (Å²) in [6, 6.07) is 0.917. The largest absolute Gasteiger partial charge is 0.490 e. The molecule has 2 N–H and O–H groups in total. The standard InChI is InChI=1S/C5H4BClFNO2/c7-5-4(8)1-3(2-9-5)6(10)11/h1-2,10-11H. The predicted octanol–water partition coefficient (Wildman–Crippen LogP) is -0.446. The second kappa shape index (κ2) is 3.17. The lowest BCUT2D eigenvalue weighted by Crippen LogP contribution is -2.30. The van der Waals surface area contributed by atoms with Crippen LogP contribution < -0.4 is 5.46 Å². The third kappa shape index (κ3) is 1.89. The summed E-state index contributed by atoms with van der Waals surface area (Å²) in [5.74, 6) is -0.766. The van der Waals surface area contributed by atoms with Crippen molar-refractivity contribution in [2.24, 2.45) is 0 Å². The summed E-state index contributed by atoms with van der Waals surface area (Å²) in [4.78, 5) is 3.37. The minimum absolute atomic E-state index is 0.0214. The van der Waals surface area contributed by atoms with Crippen molar-refractivity contribution in [3.8, 4) is 0 Å². The third-order valence-electron chi connectivity index (χ3n) is 1.12. The van der Waals surface area contributed by atoms with Crippen molar-refractivity contribution >= 4 is 24.2 Å². The Balaban J connectivity index is 3.05. The van der Waals surface area contributed by atoms with Crippen LogP contribution in [0.15, 0.2) is 12.3 Å². The Morgan fingerprint density at radius 1 is 1.55 bits per heavy atom. The van der Waals surface area contributed by atoms with Crippen LogP contribution in [0, 0.1) is 5.82 Å². The van der Waals surface area contributed by atoms with Crippen LogP contribution >= 0.6 is 11.6 Å². The number of halogens is 2. The highest BCUT2D eigenvalue weighted by molar-refractivity contribution is 6.58. The maximum absolute atomic E-state index is 12.5. The van der Waals surface area contributed by atoms with Crippen molar-refractivity contribution in [2.45, 2.75) is 0 Å². The lowest BCUT2D eigenvalue weighted by Gasteiger charge is -1.98. The zero-order valence-electron chi connectivity index (χ0n) is 5.33. The van der Waals surface area contributed by atoms with Crippen molar-refractivity contribution in [1.29, 1.82) is 0 Å². The van der Waals surface area contributed by atoms with Gasteiger partial charge in [0.05, 0.1) is 0 Å². The average molecular weight is 175 g/mol. The second-order valence-electron chi connectivity index (χ2n) is 1.91. The van der Waals surface area contributed by atoms with Crippen LogP contribution in [0.2, 0.25) is 5.15 Å². The highest BCUT2D eigenvalue weighted by Crippen LogP contribution is 2.06. The van der Waals surface area contributed by atoms with Crippen molar-refractivity contribution in [3.05, 3.63) is 23.2 Å². The van der Waals surface area contributed by atoms with Crippen LogP contribution in [0.25, 0.3) is 0 Å². The van der Waals surface area contributed by atoms with Crippen LogP contribution in [-0.4, -0.2) is 22.2 Å². The molecule has 0 saturated carbocycles. The number of hydrogen-bond acceptors (Lipinski definition) is 3. The van der Waals surface area contributed by atoms with Gasteiger partial charge in [-0.3, -0.25) is 0 Å². The summed E-state index contributed by atoms with van der Waals surface area (Å²) in [6.45, 7) is 0. The molecule has 0 unspecified atom stereocenters. The molecule has 0 spiro atoms. The van der Waals surface area contributed by atoms with Gasteiger partial charge in [-0.2, -0.15) is 0 Å². The normalized spacial score (nSPS) is 9.82. The van der Waals surface area contributed by atoms with Crippen LogP contribution in [0.1, 0.15) is 0 Å². The molecule has 1 heterocycles. The van der Waals surface area contributed by atoms with E-state index in [1.807, 2.05) is 0 Å². The number of nitrogens with zero attached hydrogens (tertiary/aromatic N) is 1. The molecule has 0 aromatic carbocycles. The SMILES string of the molecule is OB(O)c1cnc(Cl)c(F)c1. The van der Waals surface area contributed by atoms with Gasteiger partial charge >= 0.3 is 7.12 Å². The zero-order chi connectivity index (χ0) is 8.43. The van der Waals surface area contributed by atoms with E-state index >= 15 is 0 Å². The molecule has 1 aromatic rings. The summed E-state index contributed by atoms with van der Waals surface area (Å²) in [5, 5.41) is 16.8. The number of rotatable bonds is 1. The minimum atomic E-state index is -1.71. The summed E-state index contributed by atoms with van der Waals surface area (Å²) in [5.41, 5.74) is -0.0214. The van der Waals surface area contributed by atoms with Crippen molar-refractivity contribution in [3.63, 3.8) is 0 Å². The van der Waals surface area contributed by atoms with E-state index in [0.29, 0.717) is 0 Å². The maximum atomic E-state index is 12.5. The highest BCUT2D eigenvalue weighted by atomic mass is 35.5. The summed E-state index contributed by atoms with van der Waals surface area (Å²) < 4.78 is 12.5. The molecule has 0 fully saturated rings. The Morgan fingerprint density at radius 3 is 2.64 bits per heavy atom. The van der Waals surface area contributed by atoms with Gasteiger partial charge in [-0.25, -0.2) is 9.37 Å². The molecular formula is C5H4BClFNO2. The topological polar surface area (TPSA) is 53.4 Å². The molecule has 1 rings (SSSR count). The van der Waals surface area contributed by atoms with Gasteiger partial charge < -0.3 is 10.0 Å². The van der Waals surface area contributed by atoms with E-state index < -0.39 is 12.9 Å². The fourth-order valence-electron chi connectivity index (χ4n) is 0.577. The van der Waals surface area contributed by atoms with E-state index in [0.717, 1.165) is 12.3 Å². The number of hydrogen-bond donors (Lipinski definition) is 2. The lowest BCUT2D eigenvalue weighted by molar-refractivity contribution is 0.425. The first-order valence-electron chi connectivity index (χ1n) is 2.78. The first kappa shape index (κ1) is 8.45. The second-order valence-corrected chi connectivity index (χ2v) is 2.27. The molecule has 0 aliphatic rings. The smallest absolute Gasteiger partial charge is 0.423 e. The van der Waals surface area contributed by atoms with Crippen LogP contribution in [0.4, 0.5) is 4.39 Å². The van der Waals surface area contributed by atoms with Crippen molar-refractivity contribution in [2.75, 3.05) is 0 Å². The van der Waals surface area contributed by atoms with Crippen LogP contribution in [0.5, 0.6) is 0 Å². The summed E-state index contributed by atoms with van der Waals surface area (Å²) >= 11 is 5.24. The monoisotopic (exact) mass is 175 g/mol. The first-order chi connectivity index (χ1) is 5.11. The molecule has 0 radical (unpaired) electrons. The lowest BCUT2D eigenvalue weighted by atomic mass is 9.82. The van der Waals surface area contributed by atoms with Crippen molar-refractivity contribution < 1.29 is 14.4 Å². The van der Waals surface area contributed by atoms with Crippen LogP contribution in [0.3, 0.4) is 0 Å². The van der Waals surface area contributed by atoms with Gasteiger partial charge in [-0.1, -0.05) is 11.6 Å². The molecule has 1 aromatic heterocycles. The minimum Gasteiger partial charge on any atom is -0.423 e. The quantitative estimate of drug-likeness (QED) is 0.449. The van der Waals surface area contributed by atoms with E-state index in [1.54, 1.807) is 0 Å². The van der Waals surface area contributed by atoms with Gasteiger partial charge in [0.1, 0.15) is 0 Å². The highest BCUT2D eigenvalue weighted by Gasteiger charge is 2.13. The fourth-order valence-corrected chi connectivity index (χ4v) is 0.681. The molecule has 0 saturated heterocycles. The molecule has 0 bridgehead atoms. The van der Waals surface area contributed by atoms with E-state index in [1.165, 1.54) is 0 Å². The Labute approximate surface area is 67.6 Å². The molecular weight excluding hydrogens is 171 g/mol. The molecule has 11 heavy (non-hydrogen) atoms. The number of pyridine rings is 1. The van der Waals surface area contributed by atoms with Gasteiger partial charge in [-0.05, 0) is 6.07 Å². The predicted molar refractivity (Wildman–Crippen MR) is 39.0 cm³/mol. The Morgan fingerprint density at radius 2 is 2.18 bits per heavy atom. The van der Waals surface area contributed by atoms with E-state index in [-0.39, 0.29) is 10.6 Å². The molecule has 6 heteroatoms. The third-order valence-corrected chi connectivity index (χ3v) is 1.39. The zero-order valence-corrected chi connectivity index (χ0v) is 6.09. The van der Waals surface area contributed by atoms with Gasteiger partial charge in [0.2, 0.25) is 0 Å². The fraction of sp³-hybridized carbons (Fsp3) is 0.